The summed E-state index contributed by atoms with van der Waals surface area (Å²) in [5, 5.41) is 7.73. The Morgan fingerprint density at radius 3 is 2.57 bits per heavy atom. The summed E-state index contributed by atoms with van der Waals surface area (Å²) in [5.74, 6) is -0.625. The van der Waals surface area contributed by atoms with E-state index in [0.29, 0.717) is 18.8 Å². The van der Waals surface area contributed by atoms with Gasteiger partial charge in [0.05, 0.1) is 5.69 Å². The van der Waals surface area contributed by atoms with Crippen LogP contribution in [0, 0.1) is 6.92 Å². The monoisotopic (exact) mass is 294 g/mol. The Balaban J connectivity index is 2.95. The van der Waals surface area contributed by atoms with Crippen LogP contribution in [0.4, 0.5) is 0 Å². The molecule has 0 saturated carbocycles. The second-order valence-electron chi connectivity index (χ2n) is 4.54. The smallest absolute Gasteiger partial charge is 0.361 e. The summed E-state index contributed by atoms with van der Waals surface area (Å²) in [4.78, 5) is 25.8. The first-order valence-electron chi connectivity index (χ1n) is 6.96. The van der Waals surface area contributed by atoms with Gasteiger partial charge in [0.1, 0.15) is 12.6 Å². The molecule has 0 N–H and O–H groups in total. The van der Waals surface area contributed by atoms with E-state index in [0.717, 1.165) is 0 Å². The van der Waals surface area contributed by atoms with Gasteiger partial charge in [-0.2, -0.15) is 0 Å². The zero-order chi connectivity index (χ0) is 16.0. The molecule has 0 aliphatic rings. The lowest BCUT2D eigenvalue weighted by Crippen LogP contribution is -2.36. The molecule has 116 valence electrons. The Bertz CT molecular complexity index is 520. The molecule has 0 aliphatic carbocycles. The number of ether oxygens (including phenoxy) is 1. The summed E-state index contributed by atoms with van der Waals surface area (Å²) < 4.78 is 6.38. The number of carbonyl (C=O) groups excluding carboxylic acids is 2. The molecule has 1 rings (SSSR count). The maximum atomic E-state index is 12.3. The number of likely N-dealkylation sites (N-methyl/N-ethyl adjacent to an activating group) is 1. The summed E-state index contributed by atoms with van der Waals surface area (Å²) in [6, 6.07) is -0.515. The van der Waals surface area contributed by atoms with Crippen molar-refractivity contribution in [3.8, 4) is 0 Å². The number of amides is 1. The molecule has 1 aromatic rings. The summed E-state index contributed by atoms with van der Waals surface area (Å²) in [7, 11) is 0. The van der Waals surface area contributed by atoms with Gasteiger partial charge in [-0.05, 0) is 27.7 Å². The minimum atomic E-state index is -0.568. The minimum Gasteiger partial charge on any atom is -0.457 e. The number of nitrogens with zero attached hydrogens (tertiary/aromatic N) is 4. The molecule has 0 radical (unpaired) electrons. The Hall–Kier alpha value is -2.18. The van der Waals surface area contributed by atoms with Crippen LogP contribution in [0.25, 0.3) is 0 Å². The third-order valence-corrected chi connectivity index (χ3v) is 3.25. The lowest BCUT2D eigenvalue weighted by molar-refractivity contribution is -0.134. The van der Waals surface area contributed by atoms with Gasteiger partial charge in [0.15, 0.2) is 5.69 Å². The fourth-order valence-corrected chi connectivity index (χ4v) is 2.00. The van der Waals surface area contributed by atoms with E-state index in [1.165, 1.54) is 10.8 Å². The number of hydrogen-bond donors (Lipinski definition) is 0. The third kappa shape index (κ3) is 3.68. The van der Waals surface area contributed by atoms with Crippen molar-refractivity contribution in [3.63, 3.8) is 0 Å². The number of hydrogen-bond acceptors (Lipinski definition) is 5. The molecule has 0 fully saturated rings. The van der Waals surface area contributed by atoms with E-state index < -0.39 is 12.0 Å². The topological polar surface area (TPSA) is 77.3 Å². The maximum absolute atomic E-state index is 12.3. The fraction of sp³-hybridized carbons (Fsp3) is 0.571. The standard InChI is InChI=1S/C14H22N4O3/c1-6-9-21-14(20)12-10(4)18(16-15-12)11(5)13(19)17(7-2)8-3/h6,11H,1,7-9H2,2-5H3. The molecule has 7 nitrogen and oxygen atoms in total. The first kappa shape index (κ1) is 16.9. The van der Waals surface area contributed by atoms with Crippen LogP contribution >= 0.6 is 0 Å². The molecular weight excluding hydrogens is 272 g/mol. The van der Waals surface area contributed by atoms with E-state index in [2.05, 4.69) is 16.9 Å². The quantitative estimate of drug-likeness (QED) is 0.560. The van der Waals surface area contributed by atoms with Crippen molar-refractivity contribution >= 4 is 11.9 Å². The van der Waals surface area contributed by atoms with Crippen LogP contribution in [0.2, 0.25) is 0 Å². The van der Waals surface area contributed by atoms with Gasteiger partial charge in [0.25, 0.3) is 0 Å². The number of esters is 1. The van der Waals surface area contributed by atoms with Gasteiger partial charge in [-0.1, -0.05) is 17.9 Å². The first-order valence-corrected chi connectivity index (χ1v) is 6.96. The lowest BCUT2D eigenvalue weighted by atomic mass is 10.2. The molecule has 0 aliphatic heterocycles. The van der Waals surface area contributed by atoms with Gasteiger partial charge in [-0.25, -0.2) is 9.48 Å². The average molecular weight is 294 g/mol. The fourth-order valence-electron chi connectivity index (χ4n) is 2.00. The van der Waals surface area contributed by atoms with Crippen LogP contribution in [0.15, 0.2) is 12.7 Å². The largest absolute Gasteiger partial charge is 0.457 e. The van der Waals surface area contributed by atoms with Gasteiger partial charge in [0.2, 0.25) is 5.91 Å². The van der Waals surface area contributed by atoms with Crippen molar-refractivity contribution in [3.05, 3.63) is 24.0 Å². The van der Waals surface area contributed by atoms with E-state index in [1.807, 2.05) is 13.8 Å². The third-order valence-electron chi connectivity index (χ3n) is 3.25. The maximum Gasteiger partial charge on any atom is 0.361 e. The molecule has 0 bridgehead atoms. The van der Waals surface area contributed by atoms with E-state index >= 15 is 0 Å². The van der Waals surface area contributed by atoms with Crippen molar-refractivity contribution in [2.24, 2.45) is 0 Å². The van der Waals surface area contributed by atoms with Gasteiger partial charge in [-0.15, -0.1) is 5.10 Å². The van der Waals surface area contributed by atoms with Gasteiger partial charge >= 0.3 is 5.97 Å². The average Bonchev–Trinajstić information content (AvgIpc) is 2.86. The van der Waals surface area contributed by atoms with Gasteiger partial charge < -0.3 is 9.64 Å². The van der Waals surface area contributed by atoms with Crippen molar-refractivity contribution < 1.29 is 14.3 Å². The van der Waals surface area contributed by atoms with E-state index in [-0.39, 0.29) is 18.2 Å². The zero-order valence-corrected chi connectivity index (χ0v) is 13.0. The zero-order valence-electron chi connectivity index (χ0n) is 13.0. The van der Waals surface area contributed by atoms with Gasteiger partial charge in [-0.3, -0.25) is 4.79 Å². The summed E-state index contributed by atoms with van der Waals surface area (Å²) in [6.45, 7) is 12.1. The van der Waals surface area contributed by atoms with Crippen molar-refractivity contribution in [1.29, 1.82) is 0 Å². The second-order valence-corrected chi connectivity index (χ2v) is 4.54. The second kappa shape index (κ2) is 7.56. The highest BCUT2D eigenvalue weighted by molar-refractivity contribution is 5.88. The van der Waals surface area contributed by atoms with Gasteiger partial charge in [0, 0.05) is 13.1 Å². The molecule has 21 heavy (non-hydrogen) atoms. The molecule has 1 aromatic heterocycles. The Morgan fingerprint density at radius 2 is 2.05 bits per heavy atom. The first-order chi connectivity index (χ1) is 9.97. The van der Waals surface area contributed by atoms with E-state index in [1.54, 1.807) is 18.7 Å². The number of aromatic nitrogens is 3. The predicted molar refractivity (Wildman–Crippen MR) is 77.9 cm³/mol. The van der Waals surface area contributed by atoms with Crippen molar-refractivity contribution in [2.75, 3.05) is 19.7 Å². The number of rotatable bonds is 7. The van der Waals surface area contributed by atoms with E-state index in [9.17, 15) is 9.59 Å². The summed E-state index contributed by atoms with van der Waals surface area (Å²) >= 11 is 0. The summed E-state index contributed by atoms with van der Waals surface area (Å²) in [5.41, 5.74) is 0.633. The SMILES string of the molecule is C=CCOC(=O)c1nnn(C(C)C(=O)N(CC)CC)c1C. The molecule has 1 unspecified atom stereocenters. The summed E-state index contributed by atoms with van der Waals surface area (Å²) in [6.07, 6.45) is 1.48. The van der Waals surface area contributed by atoms with Crippen LogP contribution in [0.1, 0.15) is 43.0 Å². The Labute approximate surface area is 124 Å². The van der Waals surface area contributed by atoms with Crippen LogP contribution < -0.4 is 0 Å². The molecule has 1 amide bonds. The Morgan fingerprint density at radius 1 is 1.43 bits per heavy atom. The van der Waals surface area contributed by atoms with Crippen molar-refractivity contribution in [2.45, 2.75) is 33.7 Å². The number of carbonyl (C=O) groups is 2. The molecule has 7 heteroatoms. The highest BCUT2D eigenvalue weighted by Crippen LogP contribution is 2.14. The molecule has 1 atom stereocenters. The molecule has 0 aromatic carbocycles. The molecule has 0 spiro atoms. The van der Waals surface area contributed by atoms with Crippen LogP contribution in [-0.2, 0) is 9.53 Å². The lowest BCUT2D eigenvalue weighted by Gasteiger charge is -2.23. The van der Waals surface area contributed by atoms with E-state index in [4.69, 9.17) is 4.74 Å². The van der Waals surface area contributed by atoms with Crippen LogP contribution in [0.5, 0.6) is 0 Å². The highest BCUT2D eigenvalue weighted by Gasteiger charge is 2.26. The predicted octanol–water partition coefficient (Wildman–Crippen LogP) is 1.36. The minimum absolute atomic E-state index is 0.0565. The highest BCUT2D eigenvalue weighted by atomic mass is 16.5. The molecule has 1 heterocycles. The Kier molecular flexibility index (Phi) is 6.08. The normalized spacial score (nSPS) is 11.8. The van der Waals surface area contributed by atoms with Crippen molar-refractivity contribution in [1.82, 2.24) is 19.9 Å². The molecular formula is C14H22N4O3. The van der Waals surface area contributed by atoms with Crippen LogP contribution in [0.3, 0.4) is 0 Å². The molecule has 0 saturated heterocycles. The van der Waals surface area contributed by atoms with Crippen LogP contribution in [-0.4, -0.2) is 51.5 Å².